The Kier molecular flexibility index (Phi) is 11.4. The third-order valence-electron chi connectivity index (χ3n) is 0.686. The maximum absolute atomic E-state index is 10.4. The summed E-state index contributed by atoms with van der Waals surface area (Å²) < 4.78 is 9.05. The van der Waals surface area contributed by atoms with Crippen LogP contribution in [0.3, 0.4) is 0 Å². The maximum atomic E-state index is 10.4. The van der Waals surface area contributed by atoms with Crippen molar-refractivity contribution in [2.24, 2.45) is 0 Å². The molecule has 13 heavy (non-hydrogen) atoms. The predicted molar refractivity (Wildman–Crippen MR) is 43.9 cm³/mol. The van der Waals surface area contributed by atoms with Crippen LogP contribution in [0, 0.1) is 0 Å². The van der Waals surface area contributed by atoms with Crippen molar-refractivity contribution in [2.45, 2.75) is 20.3 Å². The molecular formula is C7H14O6. The second-order valence-corrected chi connectivity index (χ2v) is 1.81. The van der Waals surface area contributed by atoms with Crippen LogP contribution in [0.25, 0.3) is 0 Å². The Hall–Kier alpha value is -1.46. The van der Waals surface area contributed by atoms with Gasteiger partial charge in [-0.1, -0.05) is 6.92 Å². The number of carboxylic acid groups (broad SMARTS) is 2. The fourth-order valence-electron chi connectivity index (χ4n) is 0.345. The molecule has 0 atom stereocenters. The highest BCUT2D eigenvalue weighted by molar-refractivity contribution is 5.59. The van der Waals surface area contributed by atoms with E-state index in [1.165, 1.54) is 0 Å². The van der Waals surface area contributed by atoms with Crippen LogP contribution < -0.4 is 0 Å². The first-order valence-electron chi connectivity index (χ1n) is 3.76. The number of hydrogen-bond donors (Lipinski definition) is 2. The molecule has 0 unspecified atom stereocenters. The molecule has 0 saturated heterocycles. The van der Waals surface area contributed by atoms with Crippen LogP contribution in [0.2, 0.25) is 0 Å². The van der Waals surface area contributed by atoms with Crippen LogP contribution >= 0.6 is 0 Å². The molecule has 0 fully saturated rings. The van der Waals surface area contributed by atoms with E-state index in [9.17, 15) is 4.79 Å². The largest absolute Gasteiger partial charge is 0.508 e. The molecule has 78 valence electrons. The summed E-state index contributed by atoms with van der Waals surface area (Å²) in [6.45, 7) is 4.49. The summed E-state index contributed by atoms with van der Waals surface area (Å²) in [4.78, 5) is 18.9. The van der Waals surface area contributed by atoms with E-state index >= 15 is 0 Å². The van der Waals surface area contributed by atoms with Gasteiger partial charge in [-0.3, -0.25) is 0 Å². The lowest BCUT2D eigenvalue weighted by Gasteiger charge is -2.00. The minimum atomic E-state index is -1.83. The lowest BCUT2D eigenvalue weighted by atomic mass is 10.5. The van der Waals surface area contributed by atoms with E-state index < -0.39 is 12.3 Å². The normalized spacial score (nSPS) is 7.85. The minimum Gasteiger partial charge on any atom is -0.450 e. The van der Waals surface area contributed by atoms with Gasteiger partial charge in [0.25, 0.3) is 0 Å². The third kappa shape index (κ3) is 25.0. The molecule has 0 amide bonds. The van der Waals surface area contributed by atoms with Crippen molar-refractivity contribution in [3.8, 4) is 0 Å². The Bertz CT molecular complexity index is 140. The van der Waals surface area contributed by atoms with E-state index in [1.807, 2.05) is 6.92 Å². The molecule has 6 heteroatoms. The molecule has 0 aliphatic heterocycles. The van der Waals surface area contributed by atoms with Crippen molar-refractivity contribution in [3.63, 3.8) is 0 Å². The highest BCUT2D eigenvalue weighted by Crippen LogP contribution is 1.85. The van der Waals surface area contributed by atoms with Crippen molar-refractivity contribution >= 4 is 12.3 Å². The number of hydrogen-bond acceptors (Lipinski definition) is 4. The second kappa shape index (κ2) is 10.5. The van der Waals surface area contributed by atoms with Gasteiger partial charge in [-0.25, -0.2) is 9.59 Å². The zero-order chi connectivity index (χ0) is 10.7. The molecular weight excluding hydrogens is 180 g/mol. The van der Waals surface area contributed by atoms with Gasteiger partial charge >= 0.3 is 12.3 Å². The lowest BCUT2D eigenvalue weighted by molar-refractivity contribution is 0.0592. The lowest BCUT2D eigenvalue weighted by Crippen LogP contribution is -2.07. The first-order chi connectivity index (χ1) is 6.04. The summed E-state index contributed by atoms with van der Waals surface area (Å²) in [6.07, 6.45) is -1.57. The zero-order valence-electron chi connectivity index (χ0n) is 7.65. The summed E-state index contributed by atoms with van der Waals surface area (Å²) in [5.74, 6) is 0. The SMILES string of the molecule is CCCOC(=O)OCC.O=C(O)O. The van der Waals surface area contributed by atoms with Gasteiger partial charge in [0, 0.05) is 0 Å². The quantitative estimate of drug-likeness (QED) is 0.665. The molecule has 0 aromatic carbocycles. The summed E-state index contributed by atoms with van der Waals surface area (Å²) in [6, 6.07) is 0. The minimum absolute atomic E-state index is 0.378. The van der Waals surface area contributed by atoms with Crippen LogP contribution in [0.15, 0.2) is 0 Å². The maximum Gasteiger partial charge on any atom is 0.508 e. The van der Waals surface area contributed by atoms with Crippen molar-refractivity contribution in [2.75, 3.05) is 13.2 Å². The number of rotatable bonds is 3. The van der Waals surface area contributed by atoms with Crippen molar-refractivity contribution < 1.29 is 29.3 Å². The standard InChI is InChI=1S/C6H12O3.CH2O3/c1-3-5-9-6(7)8-4-2;2-1(3)4/h3-5H2,1-2H3;(H2,2,3,4). The van der Waals surface area contributed by atoms with Gasteiger partial charge in [0.15, 0.2) is 0 Å². The van der Waals surface area contributed by atoms with Gasteiger partial charge in [0.05, 0.1) is 13.2 Å². The van der Waals surface area contributed by atoms with Gasteiger partial charge in [0.1, 0.15) is 0 Å². The molecule has 0 radical (unpaired) electrons. The van der Waals surface area contributed by atoms with E-state index in [2.05, 4.69) is 9.47 Å². The molecule has 0 bridgehead atoms. The van der Waals surface area contributed by atoms with E-state index in [-0.39, 0.29) is 0 Å². The smallest absolute Gasteiger partial charge is 0.450 e. The molecule has 0 saturated carbocycles. The number of carbonyl (C=O) groups is 2. The van der Waals surface area contributed by atoms with Crippen molar-refractivity contribution in [1.29, 1.82) is 0 Å². The Balaban J connectivity index is 0. The summed E-state index contributed by atoms with van der Waals surface area (Å²) in [5, 5.41) is 13.9. The Labute approximate surface area is 76.1 Å². The van der Waals surface area contributed by atoms with Gasteiger partial charge in [0.2, 0.25) is 0 Å². The molecule has 0 aromatic rings. The van der Waals surface area contributed by atoms with E-state index in [0.717, 1.165) is 6.42 Å². The Morgan fingerprint density at radius 3 is 1.92 bits per heavy atom. The van der Waals surface area contributed by atoms with E-state index in [1.54, 1.807) is 6.92 Å². The number of ether oxygens (including phenoxy) is 2. The van der Waals surface area contributed by atoms with Gasteiger partial charge < -0.3 is 19.7 Å². The third-order valence-corrected chi connectivity index (χ3v) is 0.686. The molecule has 0 aliphatic carbocycles. The highest BCUT2D eigenvalue weighted by Gasteiger charge is 1.97. The van der Waals surface area contributed by atoms with Crippen LogP contribution in [-0.4, -0.2) is 35.7 Å². The average Bonchev–Trinajstić information content (AvgIpc) is 2.00. The van der Waals surface area contributed by atoms with Crippen LogP contribution in [0.1, 0.15) is 20.3 Å². The molecule has 2 N–H and O–H groups in total. The summed E-state index contributed by atoms with van der Waals surface area (Å²) in [7, 11) is 0. The molecule has 0 rings (SSSR count). The predicted octanol–water partition coefficient (Wildman–Crippen LogP) is 1.79. The van der Waals surface area contributed by atoms with Crippen LogP contribution in [0.4, 0.5) is 9.59 Å². The zero-order valence-corrected chi connectivity index (χ0v) is 7.65. The van der Waals surface area contributed by atoms with E-state index in [0.29, 0.717) is 13.2 Å². The highest BCUT2D eigenvalue weighted by atomic mass is 16.7. The van der Waals surface area contributed by atoms with Gasteiger partial charge in [-0.15, -0.1) is 0 Å². The second-order valence-electron chi connectivity index (χ2n) is 1.81. The summed E-state index contributed by atoms with van der Waals surface area (Å²) in [5.41, 5.74) is 0. The van der Waals surface area contributed by atoms with Gasteiger partial charge in [-0.05, 0) is 13.3 Å². The monoisotopic (exact) mass is 194 g/mol. The summed E-state index contributed by atoms with van der Waals surface area (Å²) >= 11 is 0. The molecule has 6 nitrogen and oxygen atoms in total. The van der Waals surface area contributed by atoms with Crippen molar-refractivity contribution in [1.82, 2.24) is 0 Å². The first kappa shape index (κ1) is 14.1. The first-order valence-corrected chi connectivity index (χ1v) is 3.76. The Morgan fingerprint density at radius 2 is 1.62 bits per heavy atom. The Morgan fingerprint density at radius 1 is 1.15 bits per heavy atom. The van der Waals surface area contributed by atoms with Gasteiger partial charge in [-0.2, -0.15) is 0 Å². The fraction of sp³-hybridized carbons (Fsp3) is 0.714. The number of carbonyl (C=O) groups excluding carboxylic acids is 1. The van der Waals surface area contributed by atoms with Crippen LogP contribution in [0.5, 0.6) is 0 Å². The molecule has 0 aromatic heterocycles. The molecule has 0 heterocycles. The van der Waals surface area contributed by atoms with Crippen molar-refractivity contribution in [3.05, 3.63) is 0 Å². The fourth-order valence-corrected chi connectivity index (χ4v) is 0.345. The molecule has 0 aliphatic rings. The average molecular weight is 194 g/mol. The van der Waals surface area contributed by atoms with Crippen LogP contribution in [-0.2, 0) is 9.47 Å². The van der Waals surface area contributed by atoms with E-state index in [4.69, 9.17) is 15.0 Å². The topological polar surface area (TPSA) is 93.1 Å². The molecule has 0 spiro atoms.